The molecule has 110 valence electrons. The Labute approximate surface area is 133 Å². The van der Waals surface area contributed by atoms with Gasteiger partial charge in [-0.1, -0.05) is 64.5 Å². The second-order valence-electron chi connectivity index (χ2n) is 5.66. The third-order valence-corrected chi connectivity index (χ3v) is 4.92. The molecule has 0 radical (unpaired) electrons. The highest BCUT2D eigenvalue weighted by atomic mass is 79.9. The van der Waals surface area contributed by atoms with Crippen LogP contribution in [0.4, 0.5) is 0 Å². The lowest BCUT2D eigenvalue weighted by molar-refractivity contribution is 0.0650. The van der Waals surface area contributed by atoms with Gasteiger partial charge in [0.1, 0.15) is 5.60 Å². The number of aryl methyl sites for hydroxylation is 2. The highest BCUT2D eigenvalue weighted by Crippen LogP contribution is 2.41. The minimum atomic E-state index is -1.05. The average Bonchev–Trinajstić information content (AvgIpc) is 2.64. The van der Waals surface area contributed by atoms with E-state index in [-0.39, 0.29) is 11.4 Å². The molecule has 2 aromatic rings. The van der Waals surface area contributed by atoms with Gasteiger partial charge in [0.2, 0.25) is 0 Å². The van der Waals surface area contributed by atoms with Crippen molar-refractivity contribution in [3.8, 4) is 0 Å². The summed E-state index contributed by atoms with van der Waals surface area (Å²) >= 11 is 3.47. The number of aliphatic hydroxyl groups excluding tert-OH is 1. The monoisotopic (exact) mass is 346 g/mol. The van der Waals surface area contributed by atoms with Gasteiger partial charge in [0.15, 0.2) is 0 Å². The van der Waals surface area contributed by atoms with Crippen molar-refractivity contribution in [1.82, 2.24) is 0 Å². The maximum absolute atomic E-state index is 11.5. The van der Waals surface area contributed by atoms with Gasteiger partial charge < -0.3 is 10.2 Å². The van der Waals surface area contributed by atoms with Crippen LogP contribution in [0.3, 0.4) is 0 Å². The van der Waals surface area contributed by atoms with Crippen LogP contribution in [0, 0.1) is 0 Å². The first-order chi connectivity index (χ1) is 10.1. The van der Waals surface area contributed by atoms with Crippen LogP contribution in [0.25, 0.3) is 0 Å². The summed E-state index contributed by atoms with van der Waals surface area (Å²) in [6.45, 7) is 0.00659. The molecule has 3 heteroatoms. The van der Waals surface area contributed by atoms with Crippen LogP contribution < -0.4 is 0 Å². The molecule has 1 atom stereocenters. The Morgan fingerprint density at radius 3 is 1.90 bits per heavy atom. The van der Waals surface area contributed by atoms with Gasteiger partial charge in [-0.15, -0.1) is 0 Å². The third-order valence-electron chi connectivity index (χ3n) is 4.30. The van der Waals surface area contributed by atoms with Crippen molar-refractivity contribution >= 4 is 15.9 Å². The van der Waals surface area contributed by atoms with Crippen molar-refractivity contribution in [2.75, 3.05) is 6.61 Å². The summed E-state index contributed by atoms with van der Waals surface area (Å²) in [4.78, 5) is -0.137. The number of rotatable bonds is 3. The molecule has 0 spiro atoms. The number of hydrogen-bond acceptors (Lipinski definition) is 2. The summed E-state index contributed by atoms with van der Waals surface area (Å²) in [5.41, 5.74) is 3.25. The Morgan fingerprint density at radius 1 is 0.952 bits per heavy atom. The van der Waals surface area contributed by atoms with E-state index < -0.39 is 5.60 Å². The summed E-state index contributed by atoms with van der Waals surface area (Å²) in [5.74, 6) is 0. The second-order valence-corrected chi connectivity index (χ2v) is 6.95. The van der Waals surface area contributed by atoms with Gasteiger partial charge in [0, 0.05) is 4.83 Å². The van der Waals surface area contributed by atoms with E-state index in [4.69, 9.17) is 0 Å². The van der Waals surface area contributed by atoms with E-state index in [9.17, 15) is 10.2 Å². The summed E-state index contributed by atoms with van der Waals surface area (Å²) in [6.07, 6.45) is 2.32. The van der Waals surface area contributed by atoms with E-state index in [1.54, 1.807) is 0 Å². The van der Waals surface area contributed by atoms with Gasteiger partial charge >= 0.3 is 0 Å². The topological polar surface area (TPSA) is 40.5 Å². The van der Waals surface area contributed by atoms with Crippen molar-refractivity contribution in [3.05, 3.63) is 70.8 Å². The van der Waals surface area contributed by atoms with E-state index in [0.29, 0.717) is 6.42 Å². The van der Waals surface area contributed by atoms with Gasteiger partial charge in [-0.2, -0.15) is 0 Å². The fraction of sp³-hybridized carbons (Fsp3) is 0.333. The van der Waals surface area contributed by atoms with Crippen molar-refractivity contribution in [1.29, 1.82) is 0 Å². The Balaban J connectivity index is 2.19. The maximum atomic E-state index is 11.5. The number of benzene rings is 2. The first-order valence-corrected chi connectivity index (χ1v) is 8.21. The molecule has 0 saturated heterocycles. The zero-order valence-electron chi connectivity index (χ0n) is 11.8. The summed E-state index contributed by atoms with van der Waals surface area (Å²) < 4.78 is 0. The molecular formula is C18H19BrO2. The van der Waals surface area contributed by atoms with Crippen molar-refractivity contribution in [3.63, 3.8) is 0 Å². The van der Waals surface area contributed by atoms with Crippen LogP contribution in [0.15, 0.2) is 48.5 Å². The van der Waals surface area contributed by atoms with Crippen molar-refractivity contribution in [2.45, 2.75) is 29.7 Å². The first kappa shape index (κ1) is 14.8. The molecule has 2 N–H and O–H groups in total. The Hall–Kier alpha value is -1.16. The van der Waals surface area contributed by atoms with E-state index >= 15 is 0 Å². The number of halogens is 1. The molecule has 0 saturated carbocycles. The zero-order chi connectivity index (χ0) is 14.9. The molecular weight excluding hydrogens is 328 g/mol. The molecule has 0 bridgehead atoms. The van der Waals surface area contributed by atoms with Crippen LogP contribution in [-0.2, 0) is 18.4 Å². The first-order valence-electron chi connectivity index (χ1n) is 7.29. The predicted octanol–water partition coefficient (Wildman–Crippen LogP) is 3.17. The minimum Gasteiger partial charge on any atom is -0.395 e. The molecule has 0 aromatic heterocycles. The third kappa shape index (κ3) is 2.66. The quantitative estimate of drug-likeness (QED) is 0.838. The van der Waals surface area contributed by atoms with E-state index in [1.807, 2.05) is 36.4 Å². The van der Waals surface area contributed by atoms with Gasteiger partial charge in [-0.25, -0.2) is 0 Å². The van der Waals surface area contributed by atoms with Crippen LogP contribution in [-0.4, -0.2) is 21.6 Å². The molecule has 1 aliphatic rings. The lowest BCUT2D eigenvalue weighted by atomic mass is 9.80. The molecule has 1 unspecified atom stereocenters. The summed E-state index contributed by atoms with van der Waals surface area (Å²) in [6, 6.07) is 16.2. The SMILES string of the molecule is OCC(Br)CC1(O)c2ccccc2CCc2ccccc21. The molecule has 3 rings (SSSR count). The smallest absolute Gasteiger partial charge is 0.116 e. The van der Waals surface area contributed by atoms with Crippen LogP contribution >= 0.6 is 15.9 Å². The molecule has 2 nitrogen and oxygen atoms in total. The predicted molar refractivity (Wildman–Crippen MR) is 87.7 cm³/mol. The molecule has 1 aliphatic carbocycles. The lowest BCUT2D eigenvalue weighted by Crippen LogP contribution is -2.32. The van der Waals surface area contributed by atoms with E-state index in [0.717, 1.165) is 24.0 Å². The average molecular weight is 347 g/mol. The van der Waals surface area contributed by atoms with Gasteiger partial charge in [0.05, 0.1) is 6.61 Å². The molecule has 0 heterocycles. The number of hydrogen-bond donors (Lipinski definition) is 2. The normalized spacial score (nSPS) is 17.5. The fourth-order valence-electron chi connectivity index (χ4n) is 3.30. The van der Waals surface area contributed by atoms with Gasteiger partial charge in [-0.05, 0) is 41.5 Å². The van der Waals surface area contributed by atoms with Crippen LogP contribution in [0.2, 0.25) is 0 Å². The van der Waals surface area contributed by atoms with E-state index in [2.05, 4.69) is 28.1 Å². The highest BCUT2D eigenvalue weighted by molar-refractivity contribution is 9.09. The highest BCUT2D eigenvalue weighted by Gasteiger charge is 2.38. The fourth-order valence-corrected chi connectivity index (χ4v) is 3.77. The number of aliphatic hydroxyl groups is 2. The maximum Gasteiger partial charge on any atom is 0.116 e. The van der Waals surface area contributed by atoms with Crippen molar-refractivity contribution < 1.29 is 10.2 Å². The Kier molecular flexibility index (Phi) is 4.16. The number of alkyl halides is 1. The minimum absolute atomic E-state index is 0.00659. The molecule has 0 fully saturated rings. The summed E-state index contributed by atoms with van der Waals surface area (Å²) in [7, 11) is 0. The molecule has 2 aromatic carbocycles. The number of fused-ring (bicyclic) bond motifs is 2. The lowest BCUT2D eigenvalue weighted by Gasteiger charge is -2.32. The van der Waals surface area contributed by atoms with Crippen LogP contribution in [0.1, 0.15) is 28.7 Å². The second kappa shape index (κ2) is 5.91. The Morgan fingerprint density at radius 2 is 1.43 bits per heavy atom. The summed E-state index contributed by atoms with van der Waals surface area (Å²) in [5, 5.41) is 20.9. The largest absolute Gasteiger partial charge is 0.395 e. The van der Waals surface area contributed by atoms with Crippen LogP contribution in [0.5, 0.6) is 0 Å². The van der Waals surface area contributed by atoms with Crippen molar-refractivity contribution in [2.24, 2.45) is 0 Å². The molecule has 0 amide bonds. The molecule has 21 heavy (non-hydrogen) atoms. The van der Waals surface area contributed by atoms with E-state index in [1.165, 1.54) is 11.1 Å². The van der Waals surface area contributed by atoms with Gasteiger partial charge in [0.25, 0.3) is 0 Å². The standard InChI is InChI=1S/C18H19BrO2/c19-15(12-20)11-18(21)16-7-3-1-5-13(16)9-10-14-6-2-4-8-17(14)18/h1-8,15,20-21H,9-12H2. The molecule has 0 aliphatic heterocycles. The zero-order valence-corrected chi connectivity index (χ0v) is 13.4. The Bertz CT molecular complexity index is 591. The van der Waals surface area contributed by atoms with Gasteiger partial charge in [-0.3, -0.25) is 0 Å².